The summed E-state index contributed by atoms with van der Waals surface area (Å²) in [6.45, 7) is 4.03. The van der Waals surface area contributed by atoms with Crippen LogP contribution in [0.15, 0.2) is 48.5 Å². The van der Waals surface area contributed by atoms with Gasteiger partial charge < -0.3 is 6.15 Å². The zero-order valence-corrected chi connectivity index (χ0v) is 11.3. The summed E-state index contributed by atoms with van der Waals surface area (Å²) in [4.78, 5) is 10.3. The molecule has 0 aliphatic carbocycles. The summed E-state index contributed by atoms with van der Waals surface area (Å²) in [6, 6.07) is 14.8. The lowest BCUT2D eigenvalue weighted by atomic mass is 10.1. The van der Waals surface area contributed by atoms with E-state index in [2.05, 4.69) is 0 Å². The van der Waals surface area contributed by atoms with Gasteiger partial charge in [-0.05, 0) is 43.2 Å². The molecule has 5 N–H and O–H groups in total. The molecule has 4 heteroatoms. The van der Waals surface area contributed by atoms with Crippen LogP contribution in [0.3, 0.4) is 0 Å². The minimum absolute atomic E-state index is 0. The van der Waals surface area contributed by atoms with E-state index in [4.69, 9.17) is 5.21 Å². The molecule has 0 aromatic heterocycles. The molecular formula is C15H20N2O2. The fourth-order valence-corrected chi connectivity index (χ4v) is 1.35. The van der Waals surface area contributed by atoms with Gasteiger partial charge in [-0.1, -0.05) is 30.3 Å². The average Bonchev–Trinajstić information content (AvgIpc) is 2.43. The van der Waals surface area contributed by atoms with Crippen LogP contribution in [0.5, 0.6) is 0 Å². The fraction of sp³-hybridized carbons (Fsp3) is 0.133. The lowest BCUT2D eigenvalue weighted by molar-refractivity contribution is 0.112. The van der Waals surface area contributed by atoms with Crippen molar-refractivity contribution in [1.82, 2.24) is 6.15 Å². The number of carbonyl (C=O) groups is 1. The second-order valence-corrected chi connectivity index (χ2v) is 3.94. The van der Waals surface area contributed by atoms with Gasteiger partial charge in [0.15, 0.2) is 0 Å². The van der Waals surface area contributed by atoms with Gasteiger partial charge in [0.05, 0.1) is 5.69 Å². The van der Waals surface area contributed by atoms with E-state index in [1.807, 2.05) is 55.7 Å². The highest BCUT2D eigenvalue weighted by molar-refractivity contribution is 5.75. The van der Waals surface area contributed by atoms with E-state index in [-0.39, 0.29) is 6.15 Å². The van der Waals surface area contributed by atoms with Crippen molar-refractivity contribution in [1.29, 1.82) is 0 Å². The van der Waals surface area contributed by atoms with Gasteiger partial charge in [-0.3, -0.25) is 15.5 Å². The molecule has 2 rings (SSSR count). The summed E-state index contributed by atoms with van der Waals surface area (Å²) < 4.78 is 0. The molecule has 2 aromatic carbocycles. The molecule has 0 saturated carbocycles. The quantitative estimate of drug-likeness (QED) is 0.567. The third-order valence-corrected chi connectivity index (χ3v) is 2.57. The molecule has 2 aromatic rings. The van der Waals surface area contributed by atoms with Crippen molar-refractivity contribution in [2.24, 2.45) is 0 Å². The number of carbonyl (C=O) groups excluding carboxylic acids is 1. The zero-order chi connectivity index (χ0) is 13.4. The van der Waals surface area contributed by atoms with Gasteiger partial charge in [-0.2, -0.15) is 0 Å². The highest BCUT2D eigenvalue weighted by Crippen LogP contribution is 2.07. The van der Waals surface area contributed by atoms with Crippen LogP contribution < -0.4 is 11.6 Å². The highest BCUT2D eigenvalue weighted by atomic mass is 16.5. The third-order valence-electron chi connectivity index (χ3n) is 2.57. The summed E-state index contributed by atoms with van der Waals surface area (Å²) >= 11 is 0. The monoisotopic (exact) mass is 260 g/mol. The first-order valence-corrected chi connectivity index (χ1v) is 5.65. The number of benzene rings is 2. The molecule has 0 aliphatic heterocycles. The van der Waals surface area contributed by atoms with Gasteiger partial charge in [0.2, 0.25) is 0 Å². The molecule has 0 bridgehead atoms. The minimum Gasteiger partial charge on any atom is -0.344 e. The van der Waals surface area contributed by atoms with Crippen LogP contribution in [0.1, 0.15) is 21.5 Å². The largest absolute Gasteiger partial charge is 0.344 e. The number of anilines is 1. The Labute approximate surface area is 113 Å². The lowest BCUT2D eigenvalue weighted by Gasteiger charge is -1.97. The molecule has 0 aliphatic rings. The molecular weight excluding hydrogens is 240 g/mol. The lowest BCUT2D eigenvalue weighted by Crippen LogP contribution is -1.85. The Morgan fingerprint density at radius 3 is 2.05 bits per heavy atom. The van der Waals surface area contributed by atoms with Crippen molar-refractivity contribution < 1.29 is 10.0 Å². The van der Waals surface area contributed by atoms with E-state index in [1.165, 1.54) is 11.1 Å². The summed E-state index contributed by atoms with van der Waals surface area (Å²) in [6.07, 6.45) is 0.867. The van der Waals surface area contributed by atoms with Crippen molar-refractivity contribution in [2.45, 2.75) is 13.8 Å². The standard InChI is InChI=1S/C9H10O.C6H7NO.H3N/c1-7-3-4-9(6-10)5-8(7)2;8-7-6-4-2-1-3-5-6;/h3-6H,1-2H3;1-5,7-8H;1H3. The van der Waals surface area contributed by atoms with E-state index < -0.39 is 0 Å². The van der Waals surface area contributed by atoms with E-state index in [1.54, 1.807) is 12.1 Å². The van der Waals surface area contributed by atoms with Gasteiger partial charge in [0.1, 0.15) is 6.29 Å². The molecule has 102 valence electrons. The normalized spacial score (nSPS) is 8.58. The molecule has 0 amide bonds. The Kier molecular flexibility index (Phi) is 7.84. The molecule has 0 radical (unpaired) electrons. The Bertz CT molecular complexity index is 499. The van der Waals surface area contributed by atoms with Gasteiger partial charge in [-0.15, -0.1) is 0 Å². The molecule has 0 atom stereocenters. The van der Waals surface area contributed by atoms with Gasteiger partial charge in [-0.25, -0.2) is 0 Å². The Morgan fingerprint density at radius 1 is 1.00 bits per heavy atom. The number of aryl methyl sites for hydroxylation is 2. The molecule has 0 fully saturated rings. The summed E-state index contributed by atoms with van der Waals surface area (Å²) in [5.41, 5.74) is 5.89. The van der Waals surface area contributed by atoms with Gasteiger partial charge in [0.25, 0.3) is 0 Å². The zero-order valence-electron chi connectivity index (χ0n) is 11.3. The number of hydrogen-bond acceptors (Lipinski definition) is 4. The van der Waals surface area contributed by atoms with Gasteiger partial charge >= 0.3 is 0 Å². The first-order chi connectivity index (χ1) is 8.67. The second kappa shape index (κ2) is 8.85. The number of hydrogen-bond donors (Lipinski definition) is 3. The Hall–Kier alpha value is -2.17. The minimum atomic E-state index is 0. The topological polar surface area (TPSA) is 84.3 Å². The summed E-state index contributed by atoms with van der Waals surface area (Å²) in [7, 11) is 0. The van der Waals surface area contributed by atoms with Crippen molar-refractivity contribution in [3.8, 4) is 0 Å². The molecule has 0 saturated heterocycles. The highest BCUT2D eigenvalue weighted by Gasteiger charge is 1.92. The summed E-state index contributed by atoms with van der Waals surface area (Å²) in [5, 5.41) is 8.29. The molecule has 0 unspecified atom stereocenters. The second-order valence-electron chi connectivity index (χ2n) is 3.94. The van der Waals surface area contributed by atoms with Gasteiger partial charge in [0, 0.05) is 5.56 Å². The molecule has 0 spiro atoms. The Balaban J connectivity index is 0.000000331. The van der Waals surface area contributed by atoms with E-state index in [9.17, 15) is 4.79 Å². The van der Waals surface area contributed by atoms with Crippen LogP contribution in [0.2, 0.25) is 0 Å². The Morgan fingerprint density at radius 2 is 1.63 bits per heavy atom. The van der Waals surface area contributed by atoms with Crippen LogP contribution in [-0.4, -0.2) is 11.5 Å². The maximum absolute atomic E-state index is 10.3. The van der Waals surface area contributed by atoms with Crippen LogP contribution in [0.25, 0.3) is 0 Å². The van der Waals surface area contributed by atoms with E-state index in [0.29, 0.717) is 5.69 Å². The van der Waals surface area contributed by atoms with Crippen LogP contribution >= 0.6 is 0 Å². The average molecular weight is 260 g/mol. The molecule has 0 heterocycles. The predicted molar refractivity (Wildman–Crippen MR) is 78.2 cm³/mol. The third kappa shape index (κ3) is 5.81. The van der Waals surface area contributed by atoms with Crippen LogP contribution in [0, 0.1) is 13.8 Å². The van der Waals surface area contributed by atoms with E-state index >= 15 is 0 Å². The first kappa shape index (κ1) is 16.8. The van der Waals surface area contributed by atoms with E-state index in [0.717, 1.165) is 11.8 Å². The van der Waals surface area contributed by atoms with Crippen molar-refractivity contribution >= 4 is 12.0 Å². The number of aldehydes is 1. The SMILES string of the molecule is Cc1ccc(C=O)cc1C.N.ONc1ccccc1. The fourth-order valence-electron chi connectivity index (χ4n) is 1.35. The number of para-hydroxylation sites is 1. The molecule has 19 heavy (non-hydrogen) atoms. The number of nitrogens with one attached hydrogen (secondary N) is 1. The first-order valence-electron chi connectivity index (χ1n) is 5.65. The van der Waals surface area contributed by atoms with Crippen LogP contribution in [-0.2, 0) is 0 Å². The maximum atomic E-state index is 10.3. The summed E-state index contributed by atoms with van der Waals surface area (Å²) in [5.74, 6) is 0. The van der Waals surface area contributed by atoms with Crippen LogP contribution in [0.4, 0.5) is 5.69 Å². The van der Waals surface area contributed by atoms with Crippen molar-refractivity contribution in [2.75, 3.05) is 5.48 Å². The van der Waals surface area contributed by atoms with Crippen molar-refractivity contribution in [3.05, 3.63) is 65.2 Å². The smallest absolute Gasteiger partial charge is 0.150 e. The number of rotatable bonds is 2. The molecule has 4 nitrogen and oxygen atoms in total. The predicted octanol–water partition coefficient (Wildman–Crippen LogP) is 3.77. The maximum Gasteiger partial charge on any atom is 0.150 e. The van der Waals surface area contributed by atoms with Crippen molar-refractivity contribution in [3.63, 3.8) is 0 Å².